The average Bonchev–Trinajstić information content (AvgIpc) is 3.14. The van der Waals surface area contributed by atoms with Crippen LogP contribution in [-0.2, 0) is 36.8 Å². The van der Waals surface area contributed by atoms with Crippen LogP contribution < -0.4 is 19.3 Å². The van der Waals surface area contributed by atoms with E-state index in [9.17, 15) is 18.0 Å². The van der Waals surface area contributed by atoms with Crippen LogP contribution in [0.5, 0.6) is 11.5 Å². The SMILES string of the molecule is COc1ccc(CN(Cc2ccc(OC)cc2)c2cc(C)c(C(F)(F)F)c(C3CCc4c(ncnc4N4CCN(C(=O)OC(C)(C)C)CC4)C3)c2F)cc1. The Kier molecular flexibility index (Phi) is 11.3. The number of carbonyl (C=O) groups is 1. The predicted molar refractivity (Wildman–Crippen MR) is 199 cm³/mol. The van der Waals surface area contributed by atoms with Crippen molar-refractivity contribution in [3.8, 4) is 11.5 Å². The van der Waals surface area contributed by atoms with Gasteiger partial charge in [-0.3, -0.25) is 0 Å². The molecule has 6 rings (SSSR count). The van der Waals surface area contributed by atoms with Crippen LogP contribution in [-0.4, -0.2) is 67.0 Å². The van der Waals surface area contributed by atoms with E-state index in [4.69, 9.17) is 14.2 Å². The van der Waals surface area contributed by atoms with Crippen LogP contribution in [0.15, 0.2) is 60.9 Å². The number of amides is 1. The molecule has 1 unspecified atom stereocenters. The molecule has 1 saturated heterocycles. The predicted octanol–water partition coefficient (Wildman–Crippen LogP) is 8.50. The van der Waals surface area contributed by atoms with Gasteiger partial charge in [0.05, 0.1) is 25.5 Å². The van der Waals surface area contributed by atoms with Gasteiger partial charge in [-0.25, -0.2) is 19.2 Å². The minimum Gasteiger partial charge on any atom is -0.497 e. The van der Waals surface area contributed by atoms with Gasteiger partial charge in [-0.2, -0.15) is 13.2 Å². The Morgan fingerprint density at radius 3 is 1.98 bits per heavy atom. The van der Waals surface area contributed by atoms with Crippen molar-refractivity contribution in [1.29, 1.82) is 0 Å². The molecule has 0 bridgehead atoms. The third-order valence-electron chi connectivity index (χ3n) is 10.0. The summed E-state index contributed by atoms with van der Waals surface area (Å²) in [5.74, 6) is 0.368. The summed E-state index contributed by atoms with van der Waals surface area (Å²) in [5, 5.41) is 0. The van der Waals surface area contributed by atoms with Gasteiger partial charge in [-0.1, -0.05) is 24.3 Å². The summed E-state index contributed by atoms with van der Waals surface area (Å²) in [6.07, 6.45) is -2.94. The molecule has 0 spiro atoms. The molecule has 0 saturated carbocycles. The maximum atomic E-state index is 17.2. The van der Waals surface area contributed by atoms with Crippen LogP contribution in [0.3, 0.4) is 0 Å². The normalized spacial score (nSPS) is 16.1. The molecule has 1 amide bonds. The maximum absolute atomic E-state index is 17.2. The summed E-state index contributed by atoms with van der Waals surface area (Å²) in [4.78, 5) is 27.3. The molecule has 288 valence electrons. The number of hydrogen-bond acceptors (Lipinski definition) is 8. The maximum Gasteiger partial charge on any atom is 0.417 e. The lowest BCUT2D eigenvalue weighted by molar-refractivity contribution is -0.139. The van der Waals surface area contributed by atoms with Gasteiger partial charge < -0.3 is 28.9 Å². The molecule has 1 aliphatic heterocycles. The Bertz CT molecular complexity index is 1890. The van der Waals surface area contributed by atoms with Crippen LogP contribution in [0.25, 0.3) is 0 Å². The molecule has 1 aromatic heterocycles. The zero-order valence-corrected chi connectivity index (χ0v) is 31.6. The highest BCUT2D eigenvalue weighted by Crippen LogP contribution is 2.46. The minimum atomic E-state index is -4.78. The third kappa shape index (κ3) is 8.66. The van der Waals surface area contributed by atoms with E-state index in [1.54, 1.807) is 48.3 Å². The first-order valence-corrected chi connectivity index (χ1v) is 18.1. The topological polar surface area (TPSA) is 80.3 Å². The van der Waals surface area contributed by atoms with E-state index < -0.39 is 29.1 Å². The Morgan fingerprint density at radius 1 is 0.889 bits per heavy atom. The minimum absolute atomic E-state index is 0.0413. The van der Waals surface area contributed by atoms with E-state index >= 15 is 4.39 Å². The van der Waals surface area contributed by atoms with E-state index in [2.05, 4.69) is 14.9 Å². The molecule has 9 nitrogen and oxygen atoms in total. The number of halogens is 4. The summed E-state index contributed by atoms with van der Waals surface area (Å²) < 4.78 is 78.1. The fraction of sp³-hybridized carbons (Fsp3) is 0.439. The third-order valence-corrected chi connectivity index (χ3v) is 10.0. The molecule has 1 aliphatic carbocycles. The summed E-state index contributed by atoms with van der Waals surface area (Å²) in [6, 6.07) is 16.0. The van der Waals surface area contributed by atoms with E-state index in [-0.39, 0.29) is 48.8 Å². The van der Waals surface area contributed by atoms with Gasteiger partial charge in [0.1, 0.15) is 29.2 Å². The number of nitrogens with zero attached hydrogens (tertiary/aromatic N) is 5. The lowest BCUT2D eigenvalue weighted by atomic mass is 9.79. The number of aromatic nitrogens is 2. The van der Waals surface area contributed by atoms with Gasteiger partial charge in [0.25, 0.3) is 0 Å². The second-order valence-corrected chi connectivity index (χ2v) is 14.9. The highest BCUT2D eigenvalue weighted by molar-refractivity contribution is 5.69. The number of alkyl halides is 3. The largest absolute Gasteiger partial charge is 0.497 e. The van der Waals surface area contributed by atoms with Gasteiger partial charge in [0.15, 0.2) is 5.82 Å². The molecular weight excluding hydrogens is 702 g/mol. The lowest BCUT2D eigenvalue weighted by Crippen LogP contribution is -2.50. The first kappa shape index (κ1) is 38.6. The first-order valence-electron chi connectivity index (χ1n) is 18.1. The molecule has 54 heavy (non-hydrogen) atoms. The lowest BCUT2D eigenvalue weighted by Gasteiger charge is -2.38. The van der Waals surface area contributed by atoms with Crippen molar-refractivity contribution in [2.75, 3.05) is 50.2 Å². The summed E-state index contributed by atoms with van der Waals surface area (Å²) in [5.41, 5.74) is 1.32. The van der Waals surface area contributed by atoms with Crippen molar-refractivity contribution in [2.24, 2.45) is 0 Å². The van der Waals surface area contributed by atoms with Crippen molar-refractivity contribution < 1.29 is 36.6 Å². The van der Waals surface area contributed by atoms with Crippen LogP contribution in [0.4, 0.5) is 33.9 Å². The smallest absolute Gasteiger partial charge is 0.417 e. The molecule has 1 atom stereocenters. The van der Waals surface area contributed by atoms with E-state index in [0.29, 0.717) is 55.6 Å². The number of ether oxygens (including phenoxy) is 3. The number of carbonyl (C=O) groups excluding carboxylic acids is 1. The molecule has 0 N–H and O–H groups in total. The van der Waals surface area contributed by atoms with E-state index in [1.807, 2.05) is 45.0 Å². The van der Waals surface area contributed by atoms with Gasteiger partial charge >= 0.3 is 12.3 Å². The Balaban J connectivity index is 1.33. The van der Waals surface area contributed by atoms with Gasteiger partial charge in [-0.05, 0) is 99.9 Å². The number of aryl methyl sites for hydroxylation is 1. The number of piperazine rings is 1. The molecular formula is C41H47F4N5O4. The molecule has 13 heteroatoms. The fourth-order valence-corrected chi connectivity index (χ4v) is 7.39. The quantitative estimate of drug-likeness (QED) is 0.158. The van der Waals surface area contributed by atoms with Crippen molar-refractivity contribution in [3.05, 3.63) is 106 Å². The number of rotatable bonds is 9. The van der Waals surface area contributed by atoms with Crippen LogP contribution in [0, 0.1) is 12.7 Å². The Morgan fingerprint density at radius 2 is 1.46 bits per heavy atom. The molecule has 2 heterocycles. The number of fused-ring (bicyclic) bond motifs is 1. The van der Waals surface area contributed by atoms with Crippen LogP contribution >= 0.6 is 0 Å². The Hall–Kier alpha value is -5.07. The van der Waals surface area contributed by atoms with Crippen LogP contribution in [0.2, 0.25) is 0 Å². The molecule has 4 aromatic rings. The summed E-state index contributed by atoms with van der Waals surface area (Å²) in [6.45, 7) is 9.25. The van der Waals surface area contributed by atoms with Crippen molar-refractivity contribution >= 4 is 17.6 Å². The van der Waals surface area contributed by atoms with E-state index in [0.717, 1.165) is 16.7 Å². The first-order chi connectivity index (χ1) is 25.6. The zero-order chi connectivity index (χ0) is 38.8. The van der Waals surface area contributed by atoms with E-state index in [1.165, 1.54) is 19.3 Å². The van der Waals surface area contributed by atoms with Gasteiger partial charge in [0, 0.05) is 56.1 Å². The van der Waals surface area contributed by atoms with Crippen LogP contribution in [0.1, 0.15) is 72.2 Å². The van der Waals surface area contributed by atoms with Crippen molar-refractivity contribution in [2.45, 2.75) is 77.7 Å². The number of anilines is 2. The molecule has 1 fully saturated rings. The van der Waals surface area contributed by atoms with Gasteiger partial charge in [-0.15, -0.1) is 0 Å². The second-order valence-electron chi connectivity index (χ2n) is 14.9. The average molecular weight is 750 g/mol. The second kappa shape index (κ2) is 15.7. The number of methoxy groups -OCH3 is 2. The highest BCUT2D eigenvalue weighted by atomic mass is 19.4. The highest BCUT2D eigenvalue weighted by Gasteiger charge is 2.41. The summed E-state index contributed by atoms with van der Waals surface area (Å²) >= 11 is 0. The van der Waals surface area contributed by atoms with Gasteiger partial charge in [0.2, 0.25) is 0 Å². The molecule has 3 aromatic carbocycles. The monoisotopic (exact) mass is 749 g/mol. The number of hydrogen-bond donors (Lipinski definition) is 0. The number of benzene rings is 3. The van der Waals surface area contributed by atoms with Crippen molar-refractivity contribution in [1.82, 2.24) is 14.9 Å². The molecule has 0 radical (unpaired) electrons. The Labute approximate surface area is 313 Å². The fourth-order valence-electron chi connectivity index (χ4n) is 7.39. The van der Waals surface area contributed by atoms with Crippen molar-refractivity contribution in [3.63, 3.8) is 0 Å². The summed E-state index contributed by atoms with van der Waals surface area (Å²) in [7, 11) is 3.14. The molecule has 2 aliphatic rings. The zero-order valence-electron chi connectivity index (χ0n) is 31.6. The standard InChI is InChI=1S/C41H47F4N5O4/c1-26-21-34(50(23-27-7-12-30(52-5)13-8-27)24-28-9-14-31(53-6)15-10-28)37(42)35(36(26)41(43,44)45)29-11-16-32-33(22-29)46-25-47-38(32)48-17-19-49(20-18-48)39(51)54-40(2,3)4/h7-10,12-15,21,25,29H,11,16-20,22-24H2,1-6H3.